The first-order valence-corrected chi connectivity index (χ1v) is 15.8. The van der Waals surface area contributed by atoms with Crippen LogP contribution in [0.2, 0.25) is 0 Å². The molecule has 0 aromatic carbocycles. The molecule has 0 saturated heterocycles. The Balaban J connectivity index is 1.37. The Morgan fingerprint density at radius 1 is 1.03 bits per heavy atom. The summed E-state index contributed by atoms with van der Waals surface area (Å²) in [6, 6.07) is 0. The van der Waals surface area contributed by atoms with E-state index in [4.69, 9.17) is 4.74 Å². The van der Waals surface area contributed by atoms with Crippen molar-refractivity contribution in [2.24, 2.45) is 34.5 Å². The van der Waals surface area contributed by atoms with Crippen LogP contribution in [0, 0.1) is 34.5 Å². The number of ether oxygens (including phenoxy) is 1. The molecule has 2 nitrogen and oxygen atoms in total. The number of halogens is 1. The molecule has 0 spiro atoms. The SMILES string of the molecule is CCCCCCCC[C@@H]1CC[C@@H]2[C@@H]3CC=C4C[C@@H](OC(=O)[C@H](Br)CC)CC[C@]4(C)[C@@H]3CC[C@]12C. The number of carbonyl (C=O) groups excluding carboxylic acids is 1. The zero-order chi connectivity index (χ0) is 24.3. The van der Waals surface area contributed by atoms with Crippen LogP contribution in [0.4, 0.5) is 0 Å². The maximum atomic E-state index is 12.4. The number of unbranched alkanes of at least 4 members (excludes halogenated alkanes) is 5. The molecule has 0 bridgehead atoms. The van der Waals surface area contributed by atoms with Crippen molar-refractivity contribution < 1.29 is 9.53 Å². The number of hydrogen-bond acceptors (Lipinski definition) is 2. The van der Waals surface area contributed by atoms with Crippen molar-refractivity contribution >= 4 is 21.9 Å². The molecule has 0 amide bonds. The van der Waals surface area contributed by atoms with Gasteiger partial charge in [-0.3, -0.25) is 4.79 Å². The fraction of sp³-hybridized carbons (Fsp3) is 0.903. The lowest BCUT2D eigenvalue weighted by Gasteiger charge is -2.58. The van der Waals surface area contributed by atoms with Gasteiger partial charge >= 0.3 is 5.97 Å². The van der Waals surface area contributed by atoms with Gasteiger partial charge in [0, 0.05) is 6.42 Å². The van der Waals surface area contributed by atoms with Crippen molar-refractivity contribution in [3.8, 4) is 0 Å². The van der Waals surface area contributed by atoms with Crippen LogP contribution in [0.15, 0.2) is 11.6 Å². The average Bonchev–Trinajstić information content (AvgIpc) is 3.17. The summed E-state index contributed by atoms with van der Waals surface area (Å²) in [5, 5.41) is 0. The van der Waals surface area contributed by atoms with E-state index in [-0.39, 0.29) is 16.9 Å². The molecule has 194 valence electrons. The van der Waals surface area contributed by atoms with Gasteiger partial charge in [0.25, 0.3) is 0 Å². The summed E-state index contributed by atoms with van der Waals surface area (Å²) >= 11 is 3.47. The molecule has 0 N–H and O–H groups in total. The van der Waals surface area contributed by atoms with E-state index in [1.807, 2.05) is 6.92 Å². The van der Waals surface area contributed by atoms with Gasteiger partial charge in [-0.1, -0.05) is 93.8 Å². The molecular weight excluding hydrogens is 484 g/mol. The highest BCUT2D eigenvalue weighted by molar-refractivity contribution is 9.10. The van der Waals surface area contributed by atoms with Crippen LogP contribution >= 0.6 is 15.9 Å². The summed E-state index contributed by atoms with van der Waals surface area (Å²) in [5.41, 5.74) is 2.54. The summed E-state index contributed by atoms with van der Waals surface area (Å²) in [5.74, 6) is 3.55. The smallest absolute Gasteiger partial charge is 0.319 e. The highest BCUT2D eigenvalue weighted by Gasteiger charge is 2.58. The number of carbonyl (C=O) groups is 1. The molecule has 4 rings (SSSR count). The van der Waals surface area contributed by atoms with Gasteiger partial charge in [0.2, 0.25) is 0 Å². The van der Waals surface area contributed by atoms with Crippen molar-refractivity contribution in [1.29, 1.82) is 0 Å². The summed E-state index contributed by atoms with van der Waals surface area (Å²) in [6.45, 7) is 9.59. The normalized spacial score (nSPS) is 40.0. The van der Waals surface area contributed by atoms with Crippen LogP contribution in [0.1, 0.15) is 130 Å². The number of rotatable bonds is 10. The minimum Gasteiger partial charge on any atom is -0.461 e. The molecule has 0 aromatic heterocycles. The number of hydrogen-bond donors (Lipinski definition) is 0. The van der Waals surface area contributed by atoms with E-state index < -0.39 is 0 Å². The lowest BCUT2D eigenvalue weighted by molar-refractivity contribution is -0.150. The first-order valence-electron chi connectivity index (χ1n) is 14.9. The molecule has 34 heavy (non-hydrogen) atoms. The van der Waals surface area contributed by atoms with Gasteiger partial charge in [-0.15, -0.1) is 0 Å². The second kappa shape index (κ2) is 11.4. The van der Waals surface area contributed by atoms with Crippen molar-refractivity contribution in [3.05, 3.63) is 11.6 Å². The summed E-state index contributed by atoms with van der Waals surface area (Å²) < 4.78 is 5.92. The standard InChI is InChI=1S/C31H51BrO2/c1-5-7-8-9-10-11-12-22-14-16-26-25-15-13-23-21-24(34-29(33)28(32)6-2)17-19-31(23,4)27(25)18-20-30(22,26)3/h13,22,24-28H,5-12,14-21H2,1-4H3/t22-,24+,25+,26-,27-,28-,30-,31+/m1/s1. The van der Waals surface area contributed by atoms with E-state index in [0.717, 1.165) is 42.9 Å². The summed E-state index contributed by atoms with van der Waals surface area (Å²) in [7, 11) is 0. The number of allylic oxidation sites excluding steroid dienone is 1. The molecule has 0 radical (unpaired) electrons. The van der Waals surface area contributed by atoms with E-state index in [2.05, 4.69) is 42.8 Å². The second-order valence-corrected chi connectivity index (χ2v) is 13.9. The van der Waals surface area contributed by atoms with Gasteiger partial charge in [-0.2, -0.15) is 0 Å². The first kappa shape index (κ1) is 26.7. The molecule has 3 heteroatoms. The van der Waals surface area contributed by atoms with Gasteiger partial charge in [-0.05, 0) is 92.3 Å². The van der Waals surface area contributed by atoms with Crippen molar-refractivity contribution in [1.82, 2.24) is 0 Å². The van der Waals surface area contributed by atoms with Crippen LogP contribution in [-0.2, 0) is 9.53 Å². The van der Waals surface area contributed by atoms with E-state index >= 15 is 0 Å². The highest BCUT2D eigenvalue weighted by Crippen LogP contribution is 2.66. The maximum Gasteiger partial charge on any atom is 0.319 e. The predicted molar refractivity (Wildman–Crippen MR) is 146 cm³/mol. The Kier molecular flexibility index (Phi) is 8.96. The average molecular weight is 536 g/mol. The number of alkyl halides is 1. The minimum atomic E-state index is -0.159. The summed E-state index contributed by atoms with van der Waals surface area (Å²) in [6.07, 6.45) is 23.8. The molecule has 4 aliphatic carbocycles. The first-order chi connectivity index (χ1) is 16.3. The van der Waals surface area contributed by atoms with E-state index in [0.29, 0.717) is 10.8 Å². The molecule has 0 heterocycles. The van der Waals surface area contributed by atoms with Gasteiger partial charge in [0.15, 0.2) is 0 Å². The number of fused-ring (bicyclic) bond motifs is 5. The van der Waals surface area contributed by atoms with Gasteiger partial charge in [-0.25, -0.2) is 0 Å². The fourth-order valence-corrected chi connectivity index (χ4v) is 8.99. The van der Waals surface area contributed by atoms with Crippen LogP contribution in [0.3, 0.4) is 0 Å². The van der Waals surface area contributed by atoms with Crippen molar-refractivity contribution in [3.63, 3.8) is 0 Å². The second-order valence-electron chi connectivity index (χ2n) is 12.8. The monoisotopic (exact) mass is 534 g/mol. The van der Waals surface area contributed by atoms with Crippen LogP contribution in [-0.4, -0.2) is 16.9 Å². The van der Waals surface area contributed by atoms with Crippen LogP contribution < -0.4 is 0 Å². The molecule has 3 saturated carbocycles. The molecular formula is C31H51BrO2. The topological polar surface area (TPSA) is 26.3 Å². The molecule has 8 atom stereocenters. The van der Waals surface area contributed by atoms with Gasteiger partial charge < -0.3 is 4.74 Å². The Bertz CT molecular complexity index is 731. The Hall–Kier alpha value is -0.310. The molecule has 4 aliphatic rings. The van der Waals surface area contributed by atoms with Crippen molar-refractivity contribution in [2.75, 3.05) is 0 Å². The third-order valence-corrected chi connectivity index (χ3v) is 12.1. The quantitative estimate of drug-likeness (QED) is 0.121. The zero-order valence-corrected chi connectivity index (χ0v) is 24.1. The third kappa shape index (κ3) is 5.21. The lowest BCUT2D eigenvalue weighted by Crippen LogP contribution is -2.50. The fourth-order valence-electron chi connectivity index (χ4n) is 8.89. The van der Waals surface area contributed by atoms with Crippen molar-refractivity contribution in [2.45, 2.75) is 141 Å². The number of esters is 1. The molecule has 0 unspecified atom stereocenters. The lowest BCUT2D eigenvalue weighted by atomic mass is 9.47. The maximum absolute atomic E-state index is 12.4. The van der Waals surface area contributed by atoms with Crippen LogP contribution in [0.25, 0.3) is 0 Å². The zero-order valence-electron chi connectivity index (χ0n) is 22.5. The van der Waals surface area contributed by atoms with E-state index in [1.54, 1.807) is 5.57 Å². The van der Waals surface area contributed by atoms with E-state index in [9.17, 15) is 4.79 Å². The van der Waals surface area contributed by atoms with E-state index in [1.165, 1.54) is 83.5 Å². The third-order valence-electron chi connectivity index (χ3n) is 11.1. The summed E-state index contributed by atoms with van der Waals surface area (Å²) in [4.78, 5) is 12.2. The minimum absolute atomic E-state index is 0.0683. The Labute approximate surface area is 218 Å². The largest absolute Gasteiger partial charge is 0.461 e. The van der Waals surface area contributed by atoms with Gasteiger partial charge in [0.05, 0.1) is 0 Å². The van der Waals surface area contributed by atoms with Gasteiger partial charge in [0.1, 0.15) is 10.9 Å². The molecule has 3 fully saturated rings. The molecule has 0 aromatic rings. The Morgan fingerprint density at radius 3 is 2.56 bits per heavy atom. The highest BCUT2D eigenvalue weighted by atomic mass is 79.9. The predicted octanol–water partition coefficient (Wildman–Crippen LogP) is 9.40. The Morgan fingerprint density at radius 2 is 1.79 bits per heavy atom. The molecule has 0 aliphatic heterocycles. The van der Waals surface area contributed by atoms with Crippen LogP contribution in [0.5, 0.6) is 0 Å².